The maximum atomic E-state index is 12.6. The van der Waals surface area contributed by atoms with Gasteiger partial charge >= 0.3 is 0 Å². The lowest BCUT2D eigenvalue weighted by Gasteiger charge is -2.13. The Hall–Kier alpha value is -3.22. The van der Waals surface area contributed by atoms with Gasteiger partial charge in [-0.15, -0.1) is 0 Å². The summed E-state index contributed by atoms with van der Waals surface area (Å²) in [7, 11) is 7.54. The van der Waals surface area contributed by atoms with Crippen molar-refractivity contribution in [1.82, 2.24) is 0 Å². The first-order valence-electron chi connectivity index (χ1n) is 9.07. The molecule has 7 heteroatoms. The van der Waals surface area contributed by atoms with E-state index in [1.165, 1.54) is 35.5 Å². The third-order valence-electron chi connectivity index (χ3n) is 4.50. The Morgan fingerprint density at radius 3 is 1.59 bits per heavy atom. The molecular formula is C22H26O7. The SMILES string of the molecule is COc1ccc(C(=O)CCCC(=O)c2cc(OC)c(OC)c(OC)c2)cc1OC. The molecule has 2 aromatic carbocycles. The smallest absolute Gasteiger partial charge is 0.203 e. The van der Waals surface area contributed by atoms with Gasteiger partial charge < -0.3 is 23.7 Å². The van der Waals surface area contributed by atoms with Gasteiger partial charge in [-0.1, -0.05) is 0 Å². The molecule has 0 aliphatic heterocycles. The van der Waals surface area contributed by atoms with Crippen molar-refractivity contribution in [3.8, 4) is 28.7 Å². The molecule has 0 aliphatic carbocycles. The zero-order chi connectivity index (χ0) is 21.4. The van der Waals surface area contributed by atoms with E-state index in [-0.39, 0.29) is 24.4 Å². The molecular weight excluding hydrogens is 376 g/mol. The highest BCUT2D eigenvalue weighted by Gasteiger charge is 2.17. The molecule has 7 nitrogen and oxygen atoms in total. The average Bonchev–Trinajstić information content (AvgIpc) is 2.76. The molecule has 0 atom stereocenters. The van der Waals surface area contributed by atoms with E-state index >= 15 is 0 Å². The van der Waals surface area contributed by atoms with E-state index in [1.807, 2.05) is 0 Å². The third kappa shape index (κ3) is 5.19. The van der Waals surface area contributed by atoms with Gasteiger partial charge in [0.05, 0.1) is 35.5 Å². The summed E-state index contributed by atoms with van der Waals surface area (Å²) in [5, 5.41) is 0. The van der Waals surface area contributed by atoms with Crippen molar-refractivity contribution < 1.29 is 33.3 Å². The number of Topliss-reactive ketones (excluding diaryl/α,β-unsaturated/α-hetero) is 2. The molecule has 2 aromatic rings. The molecule has 0 heterocycles. The number of benzene rings is 2. The molecule has 0 saturated heterocycles. The van der Waals surface area contributed by atoms with Crippen LogP contribution in [0.15, 0.2) is 30.3 Å². The highest BCUT2D eigenvalue weighted by atomic mass is 16.5. The lowest BCUT2D eigenvalue weighted by molar-refractivity contribution is 0.0956. The van der Waals surface area contributed by atoms with Gasteiger partial charge in [-0.05, 0) is 36.8 Å². The maximum absolute atomic E-state index is 12.6. The molecule has 2 rings (SSSR count). The molecule has 0 radical (unpaired) electrons. The minimum Gasteiger partial charge on any atom is -0.493 e. The summed E-state index contributed by atoms with van der Waals surface area (Å²) in [5.74, 6) is 2.13. The molecule has 0 aliphatic rings. The van der Waals surface area contributed by atoms with Crippen LogP contribution in [0.1, 0.15) is 40.0 Å². The number of rotatable bonds is 11. The molecule has 156 valence electrons. The molecule has 0 unspecified atom stereocenters. The van der Waals surface area contributed by atoms with Crippen molar-refractivity contribution >= 4 is 11.6 Å². The number of ketones is 2. The molecule has 29 heavy (non-hydrogen) atoms. The van der Waals surface area contributed by atoms with Gasteiger partial charge in [-0.2, -0.15) is 0 Å². The second-order valence-electron chi connectivity index (χ2n) is 6.18. The van der Waals surface area contributed by atoms with Gasteiger partial charge in [0, 0.05) is 24.0 Å². The first-order valence-corrected chi connectivity index (χ1v) is 9.07. The summed E-state index contributed by atoms with van der Waals surface area (Å²) in [6.07, 6.45) is 0.881. The van der Waals surface area contributed by atoms with Crippen LogP contribution in [0.2, 0.25) is 0 Å². The largest absolute Gasteiger partial charge is 0.493 e. The van der Waals surface area contributed by atoms with Crippen molar-refractivity contribution in [3.63, 3.8) is 0 Å². The highest BCUT2D eigenvalue weighted by molar-refractivity contribution is 5.99. The summed E-state index contributed by atoms with van der Waals surface area (Å²) in [4.78, 5) is 25.0. The van der Waals surface area contributed by atoms with Crippen molar-refractivity contribution in [2.24, 2.45) is 0 Å². The second-order valence-corrected chi connectivity index (χ2v) is 6.18. The van der Waals surface area contributed by atoms with Gasteiger partial charge in [0.2, 0.25) is 5.75 Å². The van der Waals surface area contributed by atoms with E-state index in [9.17, 15) is 9.59 Å². The number of hydrogen-bond acceptors (Lipinski definition) is 7. The van der Waals surface area contributed by atoms with Gasteiger partial charge in [0.15, 0.2) is 34.6 Å². The molecule has 0 bridgehead atoms. The Labute approximate surface area is 170 Å². The summed E-state index contributed by atoms with van der Waals surface area (Å²) < 4.78 is 26.2. The zero-order valence-electron chi connectivity index (χ0n) is 17.4. The first kappa shape index (κ1) is 22.1. The minimum absolute atomic E-state index is 0.0661. The minimum atomic E-state index is -0.107. The van der Waals surface area contributed by atoms with Gasteiger partial charge in [-0.25, -0.2) is 0 Å². The Morgan fingerprint density at radius 2 is 1.10 bits per heavy atom. The molecule has 0 saturated carbocycles. The predicted octanol–water partition coefficient (Wildman–Crippen LogP) is 3.97. The molecule has 0 fully saturated rings. The number of methoxy groups -OCH3 is 5. The maximum Gasteiger partial charge on any atom is 0.203 e. The van der Waals surface area contributed by atoms with Crippen LogP contribution in [0, 0.1) is 0 Å². The summed E-state index contributed by atoms with van der Waals surface area (Å²) in [6.45, 7) is 0. The van der Waals surface area contributed by atoms with Crippen LogP contribution >= 0.6 is 0 Å². The Kier molecular flexibility index (Phi) is 7.88. The first-order chi connectivity index (χ1) is 14.0. The van der Waals surface area contributed by atoms with E-state index in [0.29, 0.717) is 46.3 Å². The van der Waals surface area contributed by atoms with Crippen LogP contribution < -0.4 is 23.7 Å². The third-order valence-corrected chi connectivity index (χ3v) is 4.50. The summed E-state index contributed by atoms with van der Waals surface area (Å²) in [6, 6.07) is 8.24. The van der Waals surface area contributed by atoms with E-state index in [4.69, 9.17) is 23.7 Å². The molecule has 0 spiro atoms. The van der Waals surface area contributed by atoms with Crippen LogP contribution in [0.4, 0.5) is 0 Å². The predicted molar refractivity (Wildman–Crippen MR) is 108 cm³/mol. The topological polar surface area (TPSA) is 80.3 Å². The normalized spacial score (nSPS) is 10.2. The van der Waals surface area contributed by atoms with Gasteiger partial charge in [0.1, 0.15) is 0 Å². The Bertz CT molecular complexity index is 848. The van der Waals surface area contributed by atoms with Crippen LogP contribution in [0.3, 0.4) is 0 Å². The molecule has 0 amide bonds. The molecule has 0 N–H and O–H groups in total. The van der Waals surface area contributed by atoms with E-state index in [0.717, 1.165) is 0 Å². The number of carbonyl (C=O) groups is 2. The highest BCUT2D eigenvalue weighted by Crippen LogP contribution is 2.38. The number of ether oxygens (including phenoxy) is 5. The summed E-state index contributed by atoms with van der Waals surface area (Å²) >= 11 is 0. The Morgan fingerprint density at radius 1 is 0.621 bits per heavy atom. The lowest BCUT2D eigenvalue weighted by atomic mass is 10.0. The fourth-order valence-corrected chi connectivity index (χ4v) is 2.95. The zero-order valence-corrected chi connectivity index (χ0v) is 17.4. The second kappa shape index (κ2) is 10.4. The van der Waals surface area contributed by atoms with Crippen molar-refractivity contribution in [3.05, 3.63) is 41.5 Å². The summed E-state index contributed by atoms with van der Waals surface area (Å²) in [5.41, 5.74) is 0.959. The quantitative estimate of drug-likeness (QED) is 0.526. The van der Waals surface area contributed by atoms with Gasteiger partial charge in [0.25, 0.3) is 0 Å². The van der Waals surface area contributed by atoms with E-state index in [2.05, 4.69) is 0 Å². The fourth-order valence-electron chi connectivity index (χ4n) is 2.95. The van der Waals surface area contributed by atoms with Crippen LogP contribution in [-0.2, 0) is 0 Å². The Balaban J connectivity index is 2.03. The monoisotopic (exact) mass is 402 g/mol. The lowest BCUT2D eigenvalue weighted by Crippen LogP contribution is -2.05. The van der Waals surface area contributed by atoms with E-state index in [1.54, 1.807) is 30.3 Å². The van der Waals surface area contributed by atoms with E-state index < -0.39 is 0 Å². The number of carbonyl (C=O) groups excluding carboxylic acids is 2. The average molecular weight is 402 g/mol. The standard InChI is InChI=1S/C22H26O7/c1-25-18-10-9-14(11-19(18)26-2)16(23)7-6-8-17(24)15-12-20(27-3)22(29-5)21(13-15)28-4/h9-13H,6-8H2,1-5H3. The van der Waals surface area contributed by atoms with Crippen LogP contribution in [0.5, 0.6) is 28.7 Å². The van der Waals surface area contributed by atoms with Crippen LogP contribution in [-0.4, -0.2) is 47.1 Å². The van der Waals surface area contributed by atoms with Crippen molar-refractivity contribution in [2.75, 3.05) is 35.5 Å². The number of hydrogen-bond donors (Lipinski definition) is 0. The fraction of sp³-hybridized carbons (Fsp3) is 0.364. The van der Waals surface area contributed by atoms with Gasteiger partial charge in [-0.3, -0.25) is 9.59 Å². The van der Waals surface area contributed by atoms with Crippen molar-refractivity contribution in [2.45, 2.75) is 19.3 Å². The van der Waals surface area contributed by atoms with Crippen molar-refractivity contribution in [1.29, 1.82) is 0 Å². The molecule has 0 aromatic heterocycles. The van der Waals surface area contributed by atoms with Crippen LogP contribution in [0.25, 0.3) is 0 Å².